The highest BCUT2D eigenvalue weighted by Crippen LogP contribution is 2.36. The smallest absolute Gasteiger partial charge is 0.407 e. The van der Waals surface area contributed by atoms with Gasteiger partial charge in [-0.05, 0) is 63.6 Å². The fraction of sp³-hybridized carbons (Fsp3) is 0.520. The number of nitrogens with one attached hydrogen (secondary N) is 3. The molecule has 3 heterocycles. The van der Waals surface area contributed by atoms with Crippen LogP contribution in [0.15, 0.2) is 30.5 Å². The largest absolute Gasteiger partial charge is 0.446 e. The van der Waals surface area contributed by atoms with Crippen LogP contribution in [0.5, 0.6) is 0 Å². The number of halogens is 1. The number of imidazole rings is 1. The molecule has 0 spiro atoms. The van der Waals surface area contributed by atoms with Gasteiger partial charge in [-0.1, -0.05) is 17.7 Å². The number of carbonyl (C=O) groups is 1. The molecule has 192 valence electrons. The van der Waals surface area contributed by atoms with Crippen molar-refractivity contribution < 1.29 is 14.3 Å². The molecule has 11 heteroatoms. The number of aromatic nitrogens is 4. The van der Waals surface area contributed by atoms with Crippen molar-refractivity contribution in [2.45, 2.75) is 63.1 Å². The van der Waals surface area contributed by atoms with Crippen LogP contribution in [0.1, 0.15) is 51.5 Å². The van der Waals surface area contributed by atoms with E-state index in [9.17, 15) is 4.79 Å². The highest BCUT2D eigenvalue weighted by atomic mass is 35.5. The maximum Gasteiger partial charge on any atom is 0.407 e. The van der Waals surface area contributed by atoms with Gasteiger partial charge in [-0.2, -0.15) is 4.98 Å². The molecule has 36 heavy (non-hydrogen) atoms. The van der Waals surface area contributed by atoms with Crippen molar-refractivity contribution in [2.24, 2.45) is 0 Å². The molecule has 1 aromatic carbocycles. The lowest BCUT2D eigenvalue weighted by Gasteiger charge is -2.34. The first-order chi connectivity index (χ1) is 17.4. The molecule has 0 atom stereocenters. The van der Waals surface area contributed by atoms with Crippen molar-refractivity contribution >= 4 is 46.4 Å². The fourth-order valence-corrected chi connectivity index (χ4v) is 5.12. The van der Waals surface area contributed by atoms with Crippen LogP contribution in [0.3, 0.4) is 0 Å². The average molecular weight is 514 g/mol. The Hall–Kier alpha value is -3.11. The van der Waals surface area contributed by atoms with E-state index in [0.29, 0.717) is 22.4 Å². The number of carbonyl (C=O) groups excluding carboxylic acids is 1. The Bertz CT molecular complexity index is 1220. The second-order valence-electron chi connectivity index (χ2n) is 9.73. The van der Waals surface area contributed by atoms with Crippen LogP contribution in [-0.4, -0.2) is 57.5 Å². The summed E-state index contributed by atoms with van der Waals surface area (Å²) in [4.78, 5) is 26.0. The monoisotopic (exact) mass is 513 g/mol. The molecule has 2 aliphatic rings. The fourth-order valence-electron chi connectivity index (χ4n) is 4.93. The van der Waals surface area contributed by atoms with Crippen LogP contribution in [0.2, 0.25) is 5.02 Å². The van der Waals surface area contributed by atoms with Crippen molar-refractivity contribution in [3.05, 3.63) is 35.5 Å². The number of hydrogen-bond donors (Lipinski definition) is 3. The van der Waals surface area contributed by atoms with E-state index < -0.39 is 0 Å². The summed E-state index contributed by atoms with van der Waals surface area (Å²) in [5.74, 6) is 1.27. The standard InChI is InChI=1S/C25H32ClN7O3/c1-25(10-12-35-13-11-25)32-22-28-15-20-21(31-22)33(18-6-8-19(9-7-18)36-24(34)27-2)23(30-20)29-17-5-3-4-16(26)14-17/h3-5,14-15,18-19H,6-13H2,1-2H3,(H,27,34)(H,29,30)(H,28,31,32). The zero-order valence-corrected chi connectivity index (χ0v) is 21.3. The van der Waals surface area contributed by atoms with E-state index in [1.54, 1.807) is 13.2 Å². The zero-order chi connectivity index (χ0) is 25.1. The van der Waals surface area contributed by atoms with Gasteiger partial charge in [0.05, 0.1) is 6.20 Å². The van der Waals surface area contributed by atoms with Gasteiger partial charge >= 0.3 is 6.09 Å². The van der Waals surface area contributed by atoms with E-state index >= 15 is 0 Å². The van der Waals surface area contributed by atoms with Crippen molar-refractivity contribution in [1.29, 1.82) is 0 Å². The first kappa shape index (κ1) is 24.6. The molecule has 2 aromatic heterocycles. The third-order valence-corrected chi connectivity index (χ3v) is 7.25. The Balaban J connectivity index is 1.46. The third kappa shape index (κ3) is 5.49. The number of amides is 1. The van der Waals surface area contributed by atoms with E-state index in [-0.39, 0.29) is 23.8 Å². The van der Waals surface area contributed by atoms with Gasteiger partial charge < -0.3 is 25.4 Å². The van der Waals surface area contributed by atoms with Gasteiger partial charge in [0.2, 0.25) is 11.9 Å². The quantitative estimate of drug-likeness (QED) is 0.419. The molecule has 1 saturated heterocycles. The summed E-state index contributed by atoms with van der Waals surface area (Å²) < 4.78 is 13.2. The summed E-state index contributed by atoms with van der Waals surface area (Å²) >= 11 is 6.22. The summed E-state index contributed by atoms with van der Waals surface area (Å²) in [6.45, 7) is 3.62. The summed E-state index contributed by atoms with van der Waals surface area (Å²) in [6.07, 6.45) is 6.27. The molecule has 5 rings (SSSR count). The second kappa shape index (κ2) is 10.5. The Labute approximate surface area is 215 Å². The van der Waals surface area contributed by atoms with Crippen LogP contribution in [-0.2, 0) is 9.47 Å². The summed E-state index contributed by atoms with van der Waals surface area (Å²) in [5, 5.41) is 10.1. The van der Waals surface area contributed by atoms with Gasteiger partial charge in [-0.25, -0.2) is 14.8 Å². The van der Waals surface area contributed by atoms with Crippen LogP contribution < -0.4 is 16.0 Å². The van der Waals surface area contributed by atoms with Crippen LogP contribution >= 0.6 is 11.6 Å². The molecule has 1 amide bonds. The first-order valence-electron chi connectivity index (χ1n) is 12.4. The predicted octanol–water partition coefficient (Wildman–Crippen LogP) is 5.04. The minimum atomic E-state index is -0.389. The van der Waals surface area contributed by atoms with Crippen molar-refractivity contribution in [3.8, 4) is 0 Å². The van der Waals surface area contributed by atoms with E-state index in [4.69, 9.17) is 31.0 Å². The lowest BCUT2D eigenvalue weighted by Crippen LogP contribution is -2.41. The lowest BCUT2D eigenvalue weighted by atomic mass is 9.92. The van der Waals surface area contributed by atoms with E-state index in [1.807, 2.05) is 24.3 Å². The summed E-state index contributed by atoms with van der Waals surface area (Å²) in [7, 11) is 1.57. The molecule has 10 nitrogen and oxygen atoms in total. The summed E-state index contributed by atoms with van der Waals surface area (Å²) in [6, 6.07) is 7.69. The number of rotatable bonds is 6. The van der Waals surface area contributed by atoms with Crippen LogP contribution in [0, 0.1) is 0 Å². The maximum absolute atomic E-state index is 11.7. The van der Waals surface area contributed by atoms with Gasteiger partial charge in [0.25, 0.3) is 0 Å². The molecule has 1 aliphatic heterocycles. The Morgan fingerprint density at radius 3 is 2.69 bits per heavy atom. The van der Waals surface area contributed by atoms with Gasteiger partial charge in [-0.3, -0.25) is 4.57 Å². The molecule has 2 fully saturated rings. The van der Waals surface area contributed by atoms with Crippen molar-refractivity contribution in [3.63, 3.8) is 0 Å². The molecule has 3 N–H and O–H groups in total. The molecule has 0 unspecified atom stereocenters. The lowest BCUT2D eigenvalue weighted by molar-refractivity contribution is 0.0654. The normalized spacial score (nSPS) is 21.6. The predicted molar refractivity (Wildman–Crippen MR) is 139 cm³/mol. The highest BCUT2D eigenvalue weighted by Gasteiger charge is 2.30. The van der Waals surface area contributed by atoms with Crippen LogP contribution in [0.25, 0.3) is 11.2 Å². The molecular weight excluding hydrogens is 482 g/mol. The number of nitrogens with zero attached hydrogens (tertiary/aromatic N) is 4. The SMILES string of the molecule is CNC(=O)OC1CCC(n2c(Nc3cccc(Cl)c3)nc3cnc(NC4(C)CCOCC4)nc32)CC1. The maximum atomic E-state index is 11.7. The Morgan fingerprint density at radius 1 is 1.19 bits per heavy atom. The number of fused-ring (bicyclic) bond motifs is 1. The minimum absolute atomic E-state index is 0.0966. The van der Waals surface area contributed by atoms with E-state index in [0.717, 1.165) is 63.1 Å². The molecule has 0 bridgehead atoms. The average Bonchev–Trinajstić information content (AvgIpc) is 3.21. The van der Waals surface area contributed by atoms with Crippen LogP contribution in [0.4, 0.5) is 22.4 Å². The number of anilines is 3. The number of alkyl carbamates (subject to hydrolysis) is 1. The van der Waals surface area contributed by atoms with Crippen molar-refractivity contribution in [1.82, 2.24) is 24.8 Å². The topological polar surface area (TPSA) is 115 Å². The zero-order valence-electron chi connectivity index (χ0n) is 20.6. The Kier molecular flexibility index (Phi) is 7.15. The molecule has 1 aliphatic carbocycles. The van der Waals surface area contributed by atoms with Gasteiger partial charge in [0.1, 0.15) is 11.6 Å². The summed E-state index contributed by atoms with van der Waals surface area (Å²) in [5.41, 5.74) is 2.21. The molecule has 1 saturated carbocycles. The highest BCUT2D eigenvalue weighted by molar-refractivity contribution is 6.30. The molecule has 3 aromatic rings. The van der Waals surface area contributed by atoms with E-state index in [2.05, 4.69) is 32.4 Å². The number of ether oxygens (including phenoxy) is 2. The Morgan fingerprint density at radius 2 is 1.97 bits per heavy atom. The minimum Gasteiger partial charge on any atom is -0.446 e. The number of benzene rings is 1. The van der Waals surface area contributed by atoms with E-state index in [1.165, 1.54) is 0 Å². The third-order valence-electron chi connectivity index (χ3n) is 7.01. The van der Waals surface area contributed by atoms with Gasteiger partial charge in [0, 0.05) is 42.6 Å². The molecular formula is C25H32ClN7O3. The first-order valence-corrected chi connectivity index (χ1v) is 12.8. The number of hydrogen-bond acceptors (Lipinski definition) is 8. The van der Waals surface area contributed by atoms with Gasteiger partial charge in [0.15, 0.2) is 5.65 Å². The van der Waals surface area contributed by atoms with Crippen molar-refractivity contribution in [2.75, 3.05) is 30.9 Å². The van der Waals surface area contributed by atoms with Gasteiger partial charge in [-0.15, -0.1) is 0 Å². The molecule has 0 radical (unpaired) electrons. The second-order valence-corrected chi connectivity index (χ2v) is 10.2.